The second-order valence-corrected chi connectivity index (χ2v) is 1.58. The van der Waals surface area contributed by atoms with Gasteiger partial charge >= 0.3 is 0 Å². The predicted molar refractivity (Wildman–Crippen MR) is 28.8 cm³/mol. The Hall–Kier alpha value is 0.387. The quantitative estimate of drug-likeness (QED) is 0.283. The SMILES string of the molecule is [SiH3]C=CP. The van der Waals surface area contributed by atoms with Gasteiger partial charge in [-0.3, -0.25) is 0 Å². The summed E-state index contributed by atoms with van der Waals surface area (Å²) in [4.78, 5) is 0. The molecule has 0 radical (unpaired) electrons. The van der Waals surface area contributed by atoms with Crippen LogP contribution in [0.15, 0.2) is 11.5 Å². The predicted octanol–water partition coefficient (Wildman–Crippen LogP) is -0.302. The molecule has 0 aromatic rings. The third-order valence-corrected chi connectivity index (χ3v) is 1.73. The summed E-state index contributed by atoms with van der Waals surface area (Å²) < 4.78 is 0. The summed E-state index contributed by atoms with van der Waals surface area (Å²) in [5.41, 5.74) is 2.10. The summed E-state index contributed by atoms with van der Waals surface area (Å²) >= 11 is 0. The first-order valence-corrected chi connectivity index (χ1v) is 3.07. The average molecular weight is 90.1 g/mol. The van der Waals surface area contributed by atoms with Crippen LogP contribution < -0.4 is 0 Å². The zero-order valence-corrected chi connectivity index (χ0v) is 5.89. The molecule has 4 heavy (non-hydrogen) atoms. The lowest BCUT2D eigenvalue weighted by molar-refractivity contribution is 2.54. The van der Waals surface area contributed by atoms with Crippen molar-refractivity contribution < 1.29 is 0 Å². The summed E-state index contributed by atoms with van der Waals surface area (Å²) in [6.45, 7) is 0. The van der Waals surface area contributed by atoms with Crippen LogP contribution >= 0.6 is 9.24 Å². The van der Waals surface area contributed by atoms with Gasteiger partial charge in [0.25, 0.3) is 0 Å². The molecule has 2 heteroatoms. The molecule has 0 amide bonds. The van der Waals surface area contributed by atoms with Crippen molar-refractivity contribution >= 4 is 19.5 Å². The van der Waals surface area contributed by atoms with Crippen LogP contribution in [0.25, 0.3) is 0 Å². The Balaban J connectivity index is 2.55. The highest BCUT2D eigenvalue weighted by molar-refractivity contribution is 7.20. The maximum absolute atomic E-state index is 2.51. The molecule has 0 aromatic heterocycles. The summed E-state index contributed by atoms with van der Waals surface area (Å²) in [6.07, 6.45) is 0. The van der Waals surface area contributed by atoms with E-state index in [0.29, 0.717) is 0 Å². The Morgan fingerprint density at radius 2 is 2.00 bits per heavy atom. The van der Waals surface area contributed by atoms with E-state index in [9.17, 15) is 0 Å². The van der Waals surface area contributed by atoms with Gasteiger partial charge in [-0.05, 0) is 0 Å². The lowest BCUT2D eigenvalue weighted by atomic mass is 11.2. The minimum Gasteiger partial charge on any atom is -0.114 e. The molecular weight excluding hydrogens is 83.1 g/mol. The van der Waals surface area contributed by atoms with E-state index < -0.39 is 0 Å². The Morgan fingerprint density at radius 3 is 2.00 bits per heavy atom. The standard InChI is InChI=1S/C2H7PSi/c3-1-2-4/h1-2H,3H2,4H3. The van der Waals surface area contributed by atoms with E-state index in [1.165, 1.54) is 10.2 Å². The van der Waals surface area contributed by atoms with Gasteiger partial charge in [0.1, 0.15) is 0 Å². The Bertz CT molecular complexity index is 21.2. The minimum absolute atomic E-state index is 1.19. The summed E-state index contributed by atoms with van der Waals surface area (Å²) in [5, 5.41) is 0. The highest BCUT2D eigenvalue weighted by atomic mass is 31.0. The number of rotatable bonds is 0. The van der Waals surface area contributed by atoms with Crippen molar-refractivity contribution in [1.82, 2.24) is 0 Å². The Kier molecular flexibility index (Phi) is 3.71. The molecule has 1 unspecified atom stereocenters. The molecule has 0 aliphatic carbocycles. The monoisotopic (exact) mass is 90.0 g/mol. The molecule has 0 bridgehead atoms. The zero-order valence-electron chi connectivity index (χ0n) is 2.73. The van der Waals surface area contributed by atoms with E-state index in [2.05, 4.69) is 14.9 Å². The summed E-state index contributed by atoms with van der Waals surface area (Å²) in [6, 6.07) is 0. The van der Waals surface area contributed by atoms with Gasteiger partial charge in [-0.1, -0.05) is 5.82 Å². The molecule has 0 aliphatic rings. The van der Waals surface area contributed by atoms with Gasteiger partial charge in [0.05, 0.1) is 0 Å². The van der Waals surface area contributed by atoms with Crippen molar-refractivity contribution in [2.24, 2.45) is 0 Å². The maximum Gasteiger partial charge on any atom is 0.0291 e. The Morgan fingerprint density at radius 1 is 1.75 bits per heavy atom. The van der Waals surface area contributed by atoms with Crippen molar-refractivity contribution in [3.8, 4) is 0 Å². The van der Waals surface area contributed by atoms with Gasteiger partial charge in [0.15, 0.2) is 0 Å². The molecular formula is C2H7PSi. The first-order chi connectivity index (χ1) is 1.91. The van der Waals surface area contributed by atoms with Crippen LogP contribution in [-0.4, -0.2) is 10.2 Å². The normalized spacial score (nSPS) is 10.2. The summed E-state index contributed by atoms with van der Waals surface area (Å²) in [7, 11) is 3.70. The smallest absolute Gasteiger partial charge is 0.0291 e. The van der Waals surface area contributed by atoms with Gasteiger partial charge in [-0.15, -0.1) is 14.9 Å². The van der Waals surface area contributed by atoms with Crippen molar-refractivity contribution in [2.75, 3.05) is 0 Å². The molecule has 24 valence electrons. The fraction of sp³-hybridized carbons (Fsp3) is 0. The van der Waals surface area contributed by atoms with Crippen LogP contribution in [0.1, 0.15) is 0 Å². The molecule has 1 atom stereocenters. The maximum atomic E-state index is 2.51. The third kappa shape index (κ3) is 2.39. The third-order valence-electron chi connectivity index (χ3n) is 0.192. The Labute approximate surface area is 31.9 Å². The molecule has 0 saturated carbocycles. The van der Waals surface area contributed by atoms with Gasteiger partial charge < -0.3 is 0 Å². The van der Waals surface area contributed by atoms with E-state index >= 15 is 0 Å². The van der Waals surface area contributed by atoms with Crippen molar-refractivity contribution in [3.05, 3.63) is 11.5 Å². The van der Waals surface area contributed by atoms with E-state index in [4.69, 9.17) is 0 Å². The number of hydrogen-bond donors (Lipinski definition) is 0. The largest absolute Gasteiger partial charge is 0.114 e. The second kappa shape index (κ2) is 3.39. The molecule has 0 nitrogen and oxygen atoms in total. The van der Waals surface area contributed by atoms with Crippen molar-refractivity contribution in [1.29, 1.82) is 0 Å². The zero-order chi connectivity index (χ0) is 3.41. The molecule has 0 heterocycles. The average Bonchev–Trinajstić information content (AvgIpc) is 1.37. The van der Waals surface area contributed by atoms with Crippen LogP contribution in [0.3, 0.4) is 0 Å². The van der Waals surface area contributed by atoms with Crippen LogP contribution in [0, 0.1) is 0 Å². The van der Waals surface area contributed by atoms with Gasteiger partial charge in [0.2, 0.25) is 0 Å². The molecule has 0 aromatic carbocycles. The van der Waals surface area contributed by atoms with E-state index in [-0.39, 0.29) is 0 Å². The molecule has 0 fully saturated rings. The fourth-order valence-corrected chi connectivity index (χ4v) is 0. The fourth-order valence-electron chi connectivity index (χ4n) is 0. The molecule has 0 saturated heterocycles. The van der Waals surface area contributed by atoms with Gasteiger partial charge in [0, 0.05) is 10.2 Å². The molecule has 0 N–H and O–H groups in total. The van der Waals surface area contributed by atoms with Crippen LogP contribution in [-0.2, 0) is 0 Å². The molecule has 0 aliphatic heterocycles. The number of hydrogen-bond acceptors (Lipinski definition) is 0. The van der Waals surface area contributed by atoms with Crippen LogP contribution in [0.4, 0.5) is 0 Å². The minimum atomic E-state index is 1.19. The summed E-state index contributed by atoms with van der Waals surface area (Å²) in [5.74, 6) is 1.98. The lowest BCUT2D eigenvalue weighted by Gasteiger charge is -1.49. The van der Waals surface area contributed by atoms with E-state index in [0.717, 1.165) is 0 Å². The first kappa shape index (κ1) is 4.39. The highest BCUT2D eigenvalue weighted by Gasteiger charge is 1.34. The lowest BCUT2D eigenvalue weighted by Crippen LogP contribution is -1.35. The van der Waals surface area contributed by atoms with E-state index in [1.807, 2.05) is 5.82 Å². The van der Waals surface area contributed by atoms with Crippen molar-refractivity contribution in [3.63, 3.8) is 0 Å². The van der Waals surface area contributed by atoms with E-state index in [1.54, 1.807) is 0 Å². The molecule has 0 rings (SSSR count). The topological polar surface area (TPSA) is 0 Å². The van der Waals surface area contributed by atoms with Gasteiger partial charge in [-0.2, -0.15) is 0 Å². The highest BCUT2D eigenvalue weighted by Crippen LogP contribution is 1.74. The van der Waals surface area contributed by atoms with Crippen molar-refractivity contribution in [2.45, 2.75) is 0 Å². The van der Waals surface area contributed by atoms with Crippen LogP contribution in [0.5, 0.6) is 0 Å². The van der Waals surface area contributed by atoms with Gasteiger partial charge in [-0.25, -0.2) is 0 Å². The molecule has 0 spiro atoms. The second-order valence-electron chi connectivity index (χ2n) is 0.526. The first-order valence-electron chi connectivity index (χ1n) is 1.24. The van der Waals surface area contributed by atoms with Crippen LogP contribution in [0.2, 0.25) is 0 Å².